The van der Waals surface area contributed by atoms with E-state index >= 15 is 0 Å². The van der Waals surface area contributed by atoms with Gasteiger partial charge in [-0.1, -0.05) is 52.7 Å². The number of hydrogen-bond acceptors (Lipinski definition) is 7. The molecule has 0 spiro atoms. The number of halogens is 1. The zero-order chi connectivity index (χ0) is 28.2. The van der Waals surface area contributed by atoms with Gasteiger partial charge in [-0.15, -0.1) is 0 Å². The number of thiazole rings is 1. The lowest BCUT2D eigenvalue weighted by Crippen LogP contribution is -2.40. The molecule has 5 rings (SSSR count). The highest BCUT2D eigenvalue weighted by molar-refractivity contribution is 9.10. The molecule has 0 bridgehead atoms. The number of nitrogens with zero attached hydrogens (tertiary/aromatic N) is 3. The van der Waals surface area contributed by atoms with Gasteiger partial charge < -0.3 is 14.4 Å². The van der Waals surface area contributed by atoms with Crippen LogP contribution in [0.3, 0.4) is 0 Å². The molecule has 0 radical (unpaired) electrons. The predicted molar refractivity (Wildman–Crippen MR) is 163 cm³/mol. The first-order valence-electron chi connectivity index (χ1n) is 13.9. The number of esters is 1. The van der Waals surface area contributed by atoms with E-state index in [0.29, 0.717) is 38.3 Å². The Hall–Kier alpha value is -3.17. The molecular formula is C31H34BrN3O4S. The highest BCUT2D eigenvalue weighted by atomic mass is 79.9. The third-order valence-corrected chi connectivity index (χ3v) is 8.77. The molecular weight excluding hydrogens is 590 g/mol. The van der Waals surface area contributed by atoms with Gasteiger partial charge in [-0.2, -0.15) is 0 Å². The fourth-order valence-electron chi connectivity index (χ4n) is 5.42. The number of aromatic nitrogens is 1. The van der Waals surface area contributed by atoms with Crippen LogP contribution in [0.5, 0.6) is 5.75 Å². The second kappa shape index (κ2) is 12.6. The first-order chi connectivity index (χ1) is 19.4. The molecule has 2 aliphatic rings. The van der Waals surface area contributed by atoms with Gasteiger partial charge in [-0.05, 0) is 74.6 Å². The number of hydrogen-bond donors (Lipinski definition) is 0. The molecule has 0 N–H and O–H groups in total. The molecule has 0 unspecified atom stereocenters. The summed E-state index contributed by atoms with van der Waals surface area (Å²) in [6.45, 7) is 6.21. The average Bonchev–Trinajstić information content (AvgIpc) is 3.27. The van der Waals surface area contributed by atoms with E-state index in [1.807, 2.05) is 31.2 Å². The van der Waals surface area contributed by atoms with Crippen molar-refractivity contribution >= 4 is 45.0 Å². The molecule has 1 saturated heterocycles. The number of piperidine rings is 1. The van der Waals surface area contributed by atoms with Crippen molar-refractivity contribution in [3.8, 4) is 5.75 Å². The van der Waals surface area contributed by atoms with E-state index in [2.05, 4.69) is 45.1 Å². The zero-order valence-electron chi connectivity index (χ0n) is 23.1. The summed E-state index contributed by atoms with van der Waals surface area (Å²) in [7, 11) is 1.59. The number of carbonyl (C=O) groups excluding carboxylic acids is 1. The van der Waals surface area contributed by atoms with Gasteiger partial charge in [0.15, 0.2) is 4.80 Å². The zero-order valence-corrected chi connectivity index (χ0v) is 25.5. The third-order valence-electron chi connectivity index (χ3n) is 7.29. The molecule has 1 atom stereocenters. The molecule has 1 aromatic heterocycles. The Bertz CT molecular complexity index is 1600. The van der Waals surface area contributed by atoms with Gasteiger partial charge in [0, 0.05) is 28.8 Å². The smallest absolute Gasteiger partial charge is 0.338 e. The molecule has 2 aromatic carbocycles. The molecule has 210 valence electrons. The van der Waals surface area contributed by atoms with Gasteiger partial charge in [0.1, 0.15) is 11.8 Å². The molecule has 3 aromatic rings. The lowest BCUT2D eigenvalue weighted by atomic mass is 9.93. The Labute approximate surface area is 246 Å². The van der Waals surface area contributed by atoms with Crippen LogP contribution in [0.1, 0.15) is 63.1 Å². The number of rotatable bonds is 8. The Balaban J connectivity index is 1.66. The highest BCUT2D eigenvalue weighted by Gasteiger charge is 2.36. The van der Waals surface area contributed by atoms with Crippen LogP contribution in [0.15, 0.2) is 68.0 Å². The minimum absolute atomic E-state index is 0.201. The summed E-state index contributed by atoms with van der Waals surface area (Å²) < 4.78 is 14.2. The number of ether oxygens (including phenoxy) is 2. The molecule has 0 saturated carbocycles. The van der Waals surface area contributed by atoms with Gasteiger partial charge in [-0.25, -0.2) is 9.79 Å². The first-order valence-corrected chi connectivity index (χ1v) is 15.5. The van der Waals surface area contributed by atoms with Gasteiger partial charge in [-0.3, -0.25) is 9.36 Å². The van der Waals surface area contributed by atoms with E-state index < -0.39 is 12.0 Å². The van der Waals surface area contributed by atoms with Gasteiger partial charge >= 0.3 is 5.97 Å². The van der Waals surface area contributed by atoms with Crippen molar-refractivity contribution < 1.29 is 14.3 Å². The van der Waals surface area contributed by atoms with Crippen LogP contribution >= 0.6 is 27.3 Å². The second-order valence-electron chi connectivity index (χ2n) is 9.94. The molecule has 1 fully saturated rings. The summed E-state index contributed by atoms with van der Waals surface area (Å²) in [5.41, 5.74) is 3.68. The van der Waals surface area contributed by atoms with Gasteiger partial charge in [0.25, 0.3) is 5.56 Å². The average molecular weight is 625 g/mol. The number of anilines is 1. The highest BCUT2D eigenvalue weighted by Crippen LogP contribution is 2.38. The summed E-state index contributed by atoms with van der Waals surface area (Å²) in [6.07, 6.45) is 7.03. The number of methoxy groups -OCH3 is 1. The Morgan fingerprint density at radius 1 is 1.12 bits per heavy atom. The number of fused-ring (bicyclic) bond motifs is 1. The van der Waals surface area contributed by atoms with E-state index in [9.17, 15) is 9.59 Å². The minimum Gasteiger partial charge on any atom is -0.496 e. The Kier molecular flexibility index (Phi) is 8.90. The van der Waals surface area contributed by atoms with Crippen molar-refractivity contribution in [3.05, 3.63) is 89.0 Å². The molecule has 2 aliphatic heterocycles. The van der Waals surface area contributed by atoms with Gasteiger partial charge in [0.05, 0.1) is 29.5 Å². The van der Waals surface area contributed by atoms with E-state index in [1.54, 1.807) is 18.6 Å². The van der Waals surface area contributed by atoms with Crippen LogP contribution < -0.4 is 24.5 Å². The largest absolute Gasteiger partial charge is 0.496 e. The maximum Gasteiger partial charge on any atom is 0.338 e. The fraction of sp³-hybridized carbons (Fsp3) is 0.387. The summed E-state index contributed by atoms with van der Waals surface area (Å²) >= 11 is 4.90. The number of allylic oxidation sites excluding steroid dienone is 1. The number of carbonyl (C=O) groups is 1. The Morgan fingerprint density at radius 2 is 1.88 bits per heavy atom. The van der Waals surface area contributed by atoms with E-state index in [1.165, 1.54) is 36.3 Å². The monoisotopic (exact) mass is 623 g/mol. The first kappa shape index (κ1) is 28.4. The van der Waals surface area contributed by atoms with Crippen molar-refractivity contribution in [2.45, 2.75) is 52.0 Å². The van der Waals surface area contributed by atoms with Crippen LogP contribution in [0.2, 0.25) is 0 Å². The van der Waals surface area contributed by atoms with Crippen molar-refractivity contribution in [3.63, 3.8) is 0 Å². The van der Waals surface area contributed by atoms with Crippen LogP contribution in [-0.2, 0) is 9.53 Å². The normalized spacial score (nSPS) is 17.4. The van der Waals surface area contributed by atoms with E-state index in [-0.39, 0.29) is 12.2 Å². The van der Waals surface area contributed by atoms with E-state index in [0.717, 1.165) is 29.5 Å². The minimum atomic E-state index is -0.729. The molecule has 40 heavy (non-hydrogen) atoms. The summed E-state index contributed by atoms with van der Waals surface area (Å²) in [5, 5.41) is 0. The molecule has 9 heteroatoms. The van der Waals surface area contributed by atoms with Crippen LogP contribution in [0, 0.1) is 0 Å². The van der Waals surface area contributed by atoms with E-state index in [4.69, 9.17) is 14.5 Å². The van der Waals surface area contributed by atoms with Crippen molar-refractivity contribution in [1.29, 1.82) is 0 Å². The van der Waals surface area contributed by atoms with Crippen molar-refractivity contribution in [1.82, 2.24) is 4.57 Å². The molecule has 0 amide bonds. The molecule has 0 aliphatic carbocycles. The lowest BCUT2D eigenvalue weighted by molar-refractivity contribution is -0.139. The SMILES string of the molecule is CCCC1=C(C(=O)OCC)[C@H](c2cc(Br)ccc2OC)n2c(s/c(=C\c3ccc(N4CCCCC4)cc3)c2=O)=N1. The van der Waals surface area contributed by atoms with Crippen LogP contribution in [0.25, 0.3) is 6.08 Å². The molecule has 3 heterocycles. The summed E-state index contributed by atoms with van der Waals surface area (Å²) in [6, 6.07) is 13.2. The fourth-order valence-corrected chi connectivity index (χ4v) is 6.82. The topological polar surface area (TPSA) is 73.1 Å². The molecule has 7 nitrogen and oxygen atoms in total. The maximum absolute atomic E-state index is 14.0. The quantitative estimate of drug-likeness (QED) is 0.317. The number of benzene rings is 2. The van der Waals surface area contributed by atoms with Crippen molar-refractivity contribution in [2.75, 3.05) is 31.7 Å². The third kappa shape index (κ3) is 5.67. The predicted octanol–water partition coefficient (Wildman–Crippen LogP) is 5.34. The van der Waals surface area contributed by atoms with Gasteiger partial charge in [0.2, 0.25) is 0 Å². The van der Waals surface area contributed by atoms with Crippen LogP contribution in [0.4, 0.5) is 5.69 Å². The second-order valence-corrected chi connectivity index (χ2v) is 11.9. The van der Waals surface area contributed by atoms with Crippen LogP contribution in [-0.4, -0.2) is 37.3 Å². The summed E-state index contributed by atoms with van der Waals surface area (Å²) in [4.78, 5) is 35.3. The lowest BCUT2D eigenvalue weighted by Gasteiger charge is -2.28. The standard InChI is InChI=1S/C31H34BrN3O4S/c1-4-9-24-27(30(37)39-5-2)28(23-19-21(32)12-15-25(23)38-3)35-29(36)26(40-31(35)33-24)18-20-10-13-22(14-11-20)34-16-7-6-8-17-34/h10-15,18-19,28H,4-9,16-17H2,1-3H3/b26-18-/t28-/m0/s1. The van der Waals surface area contributed by atoms with Crippen molar-refractivity contribution in [2.24, 2.45) is 4.99 Å². The Morgan fingerprint density at radius 3 is 2.55 bits per heavy atom. The maximum atomic E-state index is 14.0. The summed E-state index contributed by atoms with van der Waals surface area (Å²) in [5.74, 6) is 0.111.